The van der Waals surface area contributed by atoms with Gasteiger partial charge in [-0.3, -0.25) is 4.79 Å². The van der Waals surface area contributed by atoms with Crippen molar-refractivity contribution in [2.24, 2.45) is 11.0 Å². The Kier molecular flexibility index (Phi) is 4.25. The van der Waals surface area contributed by atoms with E-state index in [0.29, 0.717) is 12.2 Å². The van der Waals surface area contributed by atoms with Crippen molar-refractivity contribution >= 4 is 22.5 Å². The lowest BCUT2D eigenvalue weighted by Gasteiger charge is -2.17. The van der Waals surface area contributed by atoms with Gasteiger partial charge in [0.05, 0.1) is 30.8 Å². The molecule has 4 rings (SSSR count). The first-order valence-corrected chi connectivity index (χ1v) is 9.01. The molecule has 1 aliphatic heterocycles. The van der Waals surface area contributed by atoms with Crippen LogP contribution in [0.4, 0.5) is 0 Å². The Bertz CT molecular complexity index is 1090. The number of nitriles is 1. The molecule has 1 amide bonds. The molecule has 0 radical (unpaired) electrons. The first-order valence-electron chi connectivity index (χ1n) is 9.01. The molecule has 0 spiro atoms. The largest absolute Gasteiger partial charge is 0.330 e. The van der Waals surface area contributed by atoms with Crippen LogP contribution in [0.15, 0.2) is 59.7 Å². The minimum Gasteiger partial charge on any atom is -0.330 e. The molecule has 5 nitrogen and oxygen atoms in total. The van der Waals surface area contributed by atoms with Gasteiger partial charge in [0.2, 0.25) is 0 Å². The van der Waals surface area contributed by atoms with Gasteiger partial charge in [-0.2, -0.15) is 10.4 Å². The zero-order chi connectivity index (χ0) is 19.0. The average Bonchev–Trinajstić information content (AvgIpc) is 2.99. The van der Waals surface area contributed by atoms with Gasteiger partial charge < -0.3 is 4.57 Å². The number of para-hydroxylation sites is 1. The van der Waals surface area contributed by atoms with Crippen LogP contribution < -0.4 is 0 Å². The summed E-state index contributed by atoms with van der Waals surface area (Å²) in [5.74, 6) is -0.469. The van der Waals surface area contributed by atoms with Crippen molar-refractivity contribution < 1.29 is 4.79 Å². The van der Waals surface area contributed by atoms with Gasteiger partial charge in [0.25, 0.3) is 5.91 Å². The smallest absolute Gasteiger partial charge is 0.290 e. The van der Waals surface area contributed by atoms with Gasteiger partial charge in [0.15, 0.2) is 0 Å². The van der Waals surface area contributed by atoms with Crippen LogP contribution in [-0.2, 0) is 6.54 Å². The summed E-state index contributed by atoms with van der Waals surface area (Å²) in [5.41, 5.74) is 4.58. The summed E-state index contributed by atoms with van der Waals surface area (Å²) >= 11 is 0. The van der Waals surface area contributed by atoms with Crippen molar-refractivity contribution in [3.8, 4) is 6.07 Å². The number of aryl methyl sites for hydroxylation is 1. The van der Waals surface area contributed by atoms with E-state index in [1.54, 1.807) is 6.92 Å². The maximum absolute atomic E-state index is 13.2. The highest BCUT2D eigenvalue weighted by Crippen LogP contribution is 2.25. The minimum absolute atomic E-state index is 0.171. The van der Waals surface area contributed by atoms with Crippen molar-refractivity contribution in [2.45, 2.75) is 20.4 Å². The maximum atomic E-state index is 13.2. The van der Waals surface area contributed by atoms with Crippen LogP contribution in [-0.4, -0.2) is 27.7 Å². The zero-order valence-corrected chi connectivity index (χ0v) is 15.4. The summed E-state index contributed by atoms with van der Waals surface area (Å²) in [5, 5.41) is 16.3. The Morgan fingerprint density at radius 3 is 2.67 bits per heavy atom. The highest BCUT2D eigenvalue weighted by Gasteiger charge is 2.27. The molecule has 1 aromatic heterocycles. The van der Waals surface area contributed by atoms with Crippen molar-refractivity contribution in [1.82, 2.24) is 9.58 Å². The molecule has 0 bridgehead atoms. The van der Waals surface area contributed by atoms with E-state index in [1.165, 1.54) is 10.6 Å². The summed E-state index contributed by atoms with van der Waals surface area (Å²) < 4.78 is 2.02. The van der Waals surface area contributed by atoms with Crippen LogP contribution in [0.3, 0.4) is 0 Å². The van der Waals surface area contributed by atoms with E-state index in [0.717, 1.165) is 22.2 Å². The van der Waals surface area contributed by atoms with Gasteiger partial charge in [-0.1, -0.05) is 48.0 Å². The second-order valence-electron chi connectivity index (χ2n) is 7.00. The van der Waals surface area contributed by atoms with Crippen LogP contribution in [0.1, 0.15) is 28.5 Å². The summed E-state index contributed by atoms with van der Waals surface area (Å²) in [6.07, 6.45) is 0. The lowest BCUT2D eigenvalue weighted by Crippen LogP contribution is -2.30. The molecule has 0 fully saturated rings. The van der Waals surface area contributed by atoms with Gasteiger partial charge >= 0.3 is 0 Å². The second kappa shape index (κ2) is 6.73. The molecule has 3 aromatic rings. The molecule has 27 heavy (non-hydrogen) atoms. The fraction of sp³-hybridized carbons (Fsp3) is 0.227. The van der Waals surface area contributed by atoms with Crippen LogP contribution in [0, 0.1) is 24.2 Å². The molecular weight excluding hydrogens is 336 g/mol. The minimum atomic E-state index is -0.298. The SMILES string of the molecule is Cc1ccc(C2=NN(C[C@H](C)C#N)C(=O)c3cc4ccccc4n3C2)cc1. The Balaban J connectivity index is 1.87. The highest BCUT2D eigenvalue weighted by atomic mass is 16.2. The van der Waals surface area contributed by atoms with E-state index in [9.17, 15) is 10.1 Å². The second-order valence-corrected chi connectivity index (χ2v) is 7.00. The van der Waals surface area contributed by atoms with Gasteiger partial charge in [0, 0.05) is 10.9 Å². The Morgan fingerprint density at radius 1 is 1.19 bits per heavy atom. The highest BCUT2D eigenvalue weighted by molar-refractivity contribution is 6.06. The number of fused-ring (bicyclic) bond motifs is 3. The van der Waals surface area contributed by atoms with E-state index in [-0.39, 0.29) is 18.4 Å². The molecule has 2 aromatic carbocycles. The third-order valence-corrected chi connectivity index (χ3v) is 4.87. The molecule has 0 saturated carbocycles. The van der Waals surface area contributed by atoms with Crippen LogP contribution in [0.5, 0.6) is 0 Å². The molecule has 0 N–H and O–H groups in total. The summed E-state index contributed by atoms with van der Waals surface area (Å²) in [6, 6.07) is 20.2. The number of hydrogen-bond acceptors (Lipinski definition) is 3. The predicted molar refractivity (Wildman–Crippen MR) is 105 cm³/mol. The standard InChI is InChI=1S/C22H20N4O/c1-15-7-9-17(10-8-15)19-14-25-20-6-4-3-5-18(20)11-21(25)22(27)26(24-19)13-16(2)12-23/h3-11,16H,13-14H2,1-2H3/t16-/m1/s1. The number of hydrogen-bond donors (Lipinski definition) is 0. The molecule has 134 valence electrons. The quantitative estimate of drug-likeness (QED) is 0.713. The normalized spacial score (nSPS) is 15.1. The fourth-order valence-corrected chi connectivity index (χ4v) is 3.38. The molecule has 0 aliphatic carbocycles. The fourth-order valence-electron chi connectivity index (χ4n) is 3.38. The van der Waals surface area contributed by atoms with Crippen molar-refractivity contribution in [3.05, 3.63) is 71.4 Å². The third kappa shape index (κ3) is 3.11. The third-order valence-electron chi connectivity index (χ3n) is 4.87. The zero-order valence-electron chi connectivity index (χ0n) is 15.4. The number of nitrogens with zero attached hydrogens (tertiary/aromatic N) is 4. The number of amides is 1. The first-order chi connectivity index (χ1) is 13.1. The van der Waals surface area contributed by atoms with Gasteiger partial charge in [-0.25, -0.2) is 5.01 Å². The molecule has 5 heteroatoms. The first kappa shape index (κ1) is 17.0. The number of rotatable bonds is 3. The van der Waals surface area contributed by atoms with E-state index in [1.807, 2.05) is 66.1 Å². The maximum Gasteiger partial charge on any atom is 0.290 e. The lowest BCUT2D eigenvalue weighted by atomic mass is 10.1. The van der Waals surface area contributed by atoms with Gasteiger partial charge in [-0.15, -0.1) is 0 Å². The van der Waals surface area contributed by atoms with Crippen LogP contribution >= 0.6 is 0 Å². The molecule has 0 unspecified atom stereocenters. The summed E-state index contributed by atoms with van der Waals surface area (Å²) in [4.78, 5) is 13.2. The van der Waals surface area contributed by atoms with E-state index in [4.69, 9.17) is 0 Å². The summed E-state index contributed by atoms with van der Waals surface area (Å²) in [7, 11) is 0. The Morgan fingerprint density at radius 2 is 1.93 bits per heavy atom. The molecule has 1 aliphatic rings. The van der Waals surface area contributed by atoms with Crippen molar-refractivity contribution in [2.75, 3.05) is 6.54 Å². The monoisotopic (exact) mass is 356 g/mol. The van der Waals surface area contributed by atoms with Crippen molar-refractivity contribution in [1.29, 1.82) is 5.26 Å². The number of aromatic nitrogens is 1. The summed E-state index contributed by atoms with van der Waals surface area (Å²) in [6.45, 7) is 4.62. The molecule has 1 atom stereocenters. The van der Waals surface area contributed by atoms with Crippen LogP contribution in [0.25, 0.3) is 10.9 Å². The number of carbonyl (C=O) groups excluding carboxylic acids is 1. The van der Waals surface area contributed by atoms with Gasteiger partial charge in [-0.05, 0) is 31.5 Å². The average molecular weight is 356 g/mol. The topological polar surface area (TPSA) is 61.4 Å². The molecular formula is C22H20N4O. The molecule has 2 heterocycles. The van der Waals surface area contributed by atoms with Gasteiger partial charge in [0.1, 0.15) is 5.69 Å². The Hall–Kier alpha value is -3.39. The predicted octanol–water partition coefficient (Wildman–Crippen LogP) is 3.97. The van der Waals surface area contributed by atoms with E-state index >= 15 is 0 Å². The number of hydrazone groups is 1. The van der Waals surface area contributed by atoms with E-state index in [2.05, 4.69) is 11.2 Å². The Labute approximate surface area is 158 Å². The number of benzene rings is 2. The van der Waals surface area contributed by atoms with Crippen LogP contribution in [0.2, 0.25) is 0 Å². The lowest BCUT2D eigenvalue weighted by molar-refractivity contribution is 0.0744. The van der Waals surface area contributed by atoms with Crippen molar-refractivity contribution in [3.63, 3.8) is 0 Å². The molecule has 0 saturated heterocycles. The van der Waals surface area contributed by atoms with E-state index < -0.39 is 0 Å². The number of carbonyl (C=O) groups is 1.